The van der Waals surface area contributed by atoms with E-state index in [0.29, 0.717) is 0 Å². The largest absolute Gasteiger partial charge is 0.492 e. The van der Waals surface area contributed by atoms with Crippen LogP contribution in [0.3, 0.4) is 0 Å². The van der Waals surface area contributed by atoms with E-state index < -0.39 is 42.3 Å². The average Bonchev–Trinajstić information content (AvgIpc) is 3.20. The summed E-state index contributed by atoms with van der Waals surface area (Å²) in [6.45, 7) is 3.08. The van der Waals surface area contributed by atoms with E-state index in [1.54, 1.807) is 13.8 Å². The summed E-state index contributed by atoms with van der Waals surface area (Å²) >= 11 is 17.7. The van der Waals surface area contributed by atoms with Gasteiger partial charge in [-0.15, -0.1) is 0 Å². The predicted molar refractivity (Wildman–Crippen MR) is 110 cm³/mol. The molecule has 31 heavy (non-hydrogen) atoms. The SMILES string of the molecule is CC1(C)OB(O)c2ccc(C3=NOC(c4cc(Cl)c(Cl)c(Cl)c4)(C(F)(F)F)C3)c(F)c21. The number of fused-ring (bicyclic) bond motifs is 1. The third kappa shape index (κ3) is 3.42. The maximum Gasteiger partial charge on any atom is 0.492 e. The first kappa shape index (κ1) is 22.7. The molecule has 0 radical (unpaired) electrons. The summed E-state index contributed by atoms with van der Waals surface area (Å²) in [4.78, 5) is 4.91. The topological polar surface area (TPSA) is 51.0 Å². The molecule has 2 aromatic rings. The van der Waals surface area contributed by atoms with Crippen molar-refractivity contribution in [1.82, 2.24) is 0 Å². The fraction of sp³-hybridized carbons (Fsp3) is 0.316. The minimum absolute atomic E-state index is 0.0438. The molecule has 2 heterocycles. The van der Waals surface area contributed by atoms with Gasteiger partial charge in [-0.05, 0) is 31.4 Å². The van der Waals surface area contributed by atoms with Crippen molar-refractivity contribution in [2.45, 2.75) is 37.6 Å². The van der Waals surface area contributed by atoms with Crippen LogP contribution >= 0.6 is 34.8 Å². The first-order valence-electron chi connectivity index (χ1n) is 8.94. The van der Waals surface area contributed by atoms with Crippen LogP contribution in [0.1, 0.15) is 37.0 Å². The molecule has 0 spiro atoms. The number of halogens is 7. The fourth-order valence-electron chi connectivity index (χ4n) is 3.87. The second kappa shape index (κ2) is 7.25. The van der Waals surface area contributed by atoms with Crippen molar-refractivity contribution in [2.24, 2.45) is 5.16 Å². The Morgan fingerprint density at radius 1 is 1.13 bits per heavy atom. The molecular weight excluding hydrogens is 483 g/mol. The zero-order valence-electron chi connectivity index (χ0n) is 16.0. The third-order valence-corrected chi connectivity index (χ3v) is 6.59. The van der Waals surface area contributed by atoms with Gasteiger partial charge < -0.3 is 14.5 Å². The number of hydrogen-bond acceptors (Lipinski definition) is 4. The Bertz CT molecular complexity index is 1100. The van der Waals surface area contributed by atoms with Gasteiger partial charge in [0.2, 0.25) is 0 Å². The highest BCUT2D eigenvalue weighted by molar-refractivity contribution is 6.62. The third-order valence-electron chi connectivity index (χ3n) is 5.40. The Morgan fingerprint density at radius 2 is 1.74 bits per heavy atom. The molecule has 0 fully saturated rings. The Labute approximate surface area is 189 Å². The van der Waals surface area contributed by atoms with E-state index in [4.69, 9.17) is 44.3 Å². The van der Waals surface area contributed by atoms with Crippen molar-refractivity contribution in [1.29, 1.82) is 0 Å². The summed E-state index contributed by atoms with van der Waals surface area (Å²) < 4.78 is 63.3. The fourth-order valence-corrected chi connectivity index (χ4v) is 4.47. The first-order chi connectivity index (χ1) is 14.3. The van der Waals surface area contributed by atoms with Gasteiger partial charge in [-0.2, -0.15) is 13.2 Å². The quantitative estimate of drug-likeness (QED) is 0.348. The van der Waals surface area contributed by atoms with Crippen molar-refractivity contribution in [2.75, 3.05) is 0 Å². The van der Waals surface area contributed by atoms with Gasteiger partial charge in [0.25, 0.3) is 5.60 Å². The molecule has 4 nitrogen and oxygen atoms in total. The lowest BCUT2D eigenvalue weighted by atomic mass is 9.76. The van der Waals surface area contributed by atoms with Gasteiger partial charge in [0.05, 0.1) is 32.8 Å². The van der Waals surface area contributed by atoms with Crippen LogP contribution in [0.5, 0.6) is 0 Å². The number of nitrogens with zero attached hydrogens (tertiary/aromatic N) is 1. The second-order valence-corrected chi connectivity index (χ2v) is 8.95. The van der Waals surface area contributed by atoms with E-state index in [1.165, 1.54) is 12.1 Å². The smallest absolute Gasteiger partial charge is 0.423 e. The van der Waals surface area contributed by atoms with E-state index in [-0.39, 0.29) is 37.4 Å². The molecule has 0 saturated heterocycles. The maximum atomic E-state index is 15.4. The molecule has 0 aliphatic carbocycles. The van der Waals surface area contributed by atoms with Crippen LogP contribution in [0.25, 0.3) is 0 Å². The van der Waals surface area contributed by atoms with Gasteiger partial charge >= 0.3 is 13.3 Å². The Kier molecular flexibility index (Phi) is 5.30. The van der Waals surface area contributed by atoms with E-state index in [1.807, 2.05) is 0 Å². The molecule has 0 saturated carbocycles. The van der Waals surface area contributed by atoms with Gasteiger partial charge in [-0.3, -0.25) is 0 Å². The van der Waals surface area contributed by atoms with Crippen LogP contribution in [0.15, 0.2) is 29.4 Å². The molecule has 0 bridgehead atoms. The summed E-state index contributed by atoms with van der Waals surface area (Å²) in [5.41, 5.74) is -4.76. The number of oxime groups is 1. The van der Waals surface area contributed by atoms with Crippen molar-refractivity contribution in [3.8, 4) is 0 Å². The molecule has 12 heteroatoms. The molecule has 0 aromatic heterocycles. The summed E-state index contributed by atoms with van der Waals surface area (Å²) in [6.07, 6.45) is -5.77. The van der Waals surface area contributed by atoms with Gasteiger partial charge in [-0.25, -0.2) is 4.39 Å². The number of hydrogen-bond donors (Lipinski definition) is 1. The molecule has 1 atom stereocenters. The summed E-state index contributed by atoms with van der Waals surface area (Å²) in [5.74, 6) is -0.841. The summed E-state index contributed by atoms with van der Waals surface area (Å²) in [6, 6.07) is 4.61. The van der Waals surface area contributed by atoms with E-state index >= 15 is 4.39 Å². The highest BCUT2D eigenvalue weighted by Gasteiger charge is 2.63. The van der Waals surface area contributed by atoms with Crippen LogP contribution < -0.4 is 5.46 Å². The minimum atomic E-state index is -4.94. The van der Waals surface area contributed by atoms with Gasteiger partial charge in [-0.1, -0.05) is 52.1 Å². The molecule has 2 aromatic carbocycles. The van der Waals surface area contributed by atoms with Crippen LogP contribution in [0.4, 0.5) is 17.6 Å². The molecule has 1 N–H and O–H groups in total. The molecule has 2 aliphatic heterocycles. The highest BCUT2D eigenvalue weighted by atomic mass is 35.5. The number of alkyl halides is 3. The summed E-state index contributed by atoms with van der Waals surface area (Å²) in [7, 11) is -1.34. The lowest BCUT2D eigenvalue weighted by molar-refractivity contribution is -0.275. The van der Waals surface area contributed by atoms with Crippen molar-refractivity contribution < 1.29 is 32.1 Å². The lowest BCUT2D eigenvalue weighted by Crippen LogP contribution is -2.42. The number of benzene rings is 2. The molecule has 2 aliphatic rings. The summed E-state index contributed by atoms with van der Waals surface area (Å²) in [5, 5.41) is 13.1. The lowest BCUT2D eigenvalue weighted by Gasteiger charge is -2.30. The Morgan fingerprint density at radius 3 is 2.32 bits per heavy atom. The van der Waals surface area contributed by atoms with Crippen LogP contribution in [0, 0.1) is 5.82 Å². The van der Waals surface area contributed by atoms with Crippen LogP contribution in [-0.2, 0) is 20.7 Å². The van der Waals surface area contributed by atoms with Crippen molar-refractivity contribution >= 4 is 53.1 Å². The monoisotopic (exact) mass is 495 g/mol. The first-order valence-corrected chi connectivity index (χ1v) is 10.1. The van der Waals surface area contributed by atoms with E-state index in [9.17, 15) is 18.2 Å². The van der Waals surface area contributed by atoms with Crippen molar-refractivity contribution in [3.05, 3.63) is 61.8 Å². The van der Waals surface area contributed by atoms with Gasteiger partial charge in [0.15, 0.2) is 0 Å². The van der Waals surface area contributed by atoms with Crippen molar-refractivity contribution in [3.63, 3.8) is 0 Å². The van der Waals surface area contributed by atoms with Gasteiger partial charge in [0, 0.05) is 16.7 Å². The van der Waals surface area contributed by atoms with Crippen LogP contribution in [-0.4, -0.2) is 24.0 Å². The van der Waals surface area contributed by atoms with E-state index in [2.05, 4.69) is 5.16 Å². The Hall–Kier alpha value is -1.52. The minimum Gasteiger partial charge on any atom is -0.423 e. The molecule has 0 amide bonds. The van der Waals surface area contributed by atoms with E-state index in [0.717, 1.165) is 12.1 Å². The van der Waals surface area contributed by atoms with Gasteiger partial charge in [0.1, 0.15) is 5.82 Å². The maximum absolute atomic E-state index is 15.4. The molecular formula is C19H13BCl3F4NO3. The normalized spacial score (nSPS) is 22.4. The predicted octanol–water partition coefficient (Wildman–Crippen LogP) is 5.32. The molecule has 4 rings (SSSR count). The average molecular weight is 496 g/mol. The number of rotatable bonds is 2. The standard InChI is InChI=1S/C19H13BCl3F4NO3/c1-17(2)14-10(20(29)30-17)4-3-9(16(14)24)13-7-18(31-28-13,19(25,26)27)8-5-11(21)15(23)12(22)6-8/h3-6,29H,7H2,1-2H3. The molecule has 1 unspecified atom stereocenters. The highest BCUT2D eigenvalue weighted by Crippen LogP contribution is 2.51. The second-order valence-electron chi connectivity index (χ2n) is 7.76. The molecule has 164 valence electrons. The zero-order chi connectivity index (χ0) is 22.9. The van der Waals surface area contributed by atoms with Crippen LogP contribution in [0.2, 0.25) is 15.1 Å². The Balaban J connectivity index is 1.80. The zero-order valence-corrected chi connectivity index (χ0v) is 18.2.